The second-order valence-corrected chi connectivity index (χ2v) is 7.59. The number of ether oxygens (including phenoxy) is 3. The molecule has 0 atom stereocenters. The van der Waals surface area contributed by atoms with E-state index in [2.05, 4.69) is 17.2 Å². The van der Waals surface area contributed by atoms with Crippen LogP contribution in [-0.2, 0) is 28.6 Å². The molecular formula is C23H26N2O6. The minimum atomic E-state index is -0.689. The number of anilines is 2. The molecule has 0 unspecified atom stereocenters. The van der Waals surface area contributed by atoms with Gasteiger partial charge in [0.1, 0.15) is 25.5 Å². The Kier molecular flexibility index (Phi) is 6.79. The summed E-state index contributed by atoms with van der Waals surface area (Å²) in [6, 6.07) is 12.0. The molecule has 1 aliphatic rings. The monoisotopic (exact) mass is 426 g/mol. The van der Waals surface area contributed by atoms with E-state index in [4.69, 9.17) is 14.2 Å². The third-order valence-corrected chi connectivity index (χ3v) is 4.71. The van der Waals surface area contributed by atoms with Crippen LogP contribution in [0.4, 0.5) is 11.4 Å². The van der Waals surface area contributed by atoms with Crippen LogP contribution in [0.1, 0.15) is 26.7 Å². The summed E-state index contributed by atoms with van der Waals surface area (Å²) in [5.74, 6) is -1.62. The highest BCUT2D eigenvalue weighted by Gasteiger charge is 2.31. The van der Waals surface area contributed by atoms with E-state index >= 15 is 0 Å². The highest BCUT2D eigenvalue weighted by atomic mass is 16.6. The Morgan fingerprint density at radius 2 is 1.45 bits per heavy atom. The van der Waals surface area contributed by atoms with Crippen molar-refractivity contribution in [1.82, 2.24) is 0 Å². The summed E-state index contributed by atoms with van der Waals surface area (Å²) in [4.78, 5) is 35.0. The first-order valence-corrected chi connectivity index (χ1v) is 9.99. The molecule has 164 valence electrons. The molecule has 0 aliphatic carbocycles. The van der Waals surface area contributed by atoms with Gasteiger partial charge in [0.05, 0.1) is 12.8 Å². The normalized spacial score (nSPS) is 13.5. The van der Waals surface area contributed by atoms with Crippen LogP contribution < -0.4 is 10.6 Å². The Balaban J connectivity index is 1.41. The third kappa shape index (κ3) is 5.75. The van der Waals surface area contributed by atoms with Crippen molar-refractivity contribution in [2.24, 2.45) is 0 Å². The van der Waals surface area contributed by atoms with Gasteiger partial charge < -0.3 is 24.8 Å². The van der Waals surface area contributed by atoms with Crippen LogP contribution in [0, 0.1) is 0 Å². The number of carbonyl (C=O) groups is 3. The summed E-state index contributed by atoms with van der Waals surface area (Å²) in [6.07, 6.45) is -0.223. The minimum Gasteiger partial charge on any atom is -0.462 e. The van der Waals surface area contributed by atoms with E-state index in [1.54, 1.807) is 0 Å². The predicted octanol–water partition coefficient (Wildman–Crippen LogP) is 3.38. The molecule has 0 saturated carbocycles. The van der Waals surface area contributed by atoms with E-state index in [1.165, 1.54) is 6.92 Å². The molecule has 8 nitrogen and oxygen atoms in total. The van der Waals surface area contributed by atoms with Gasteiger partial charge in [-0.3, -0.25) is 9.59 Å². The molecule has 3 rings (SSSR count). The Bertz CT molecular complexity index is 976. The van der Waals surface area contributed by atoms with E-state index in [0.717, 1.165) is 22.1 Å². The Morgan fingerprint density at radius 1 is 0.903 bits per heavy atom. The molecule has 2 aromatic carbocycles. The van der Waals surface area contributed by atoms with Gasteiger partial charge in [0, 0.05) is 22.3 Å². The molecule has 2 aromatic rings. The summed E-state index contributed by atoms with van der Waals surface area (Å²) in [6.45, 7) is 6.80. The fraction of sp³-hybridized carbons (Fsp3) is 0.348. The van der Waals surface area contributed by atoms with E-state index in [9.17, 15) is 14.4 Å². The Labute approximate surface area is 180 Å². The quantitative estimate of drug-likeness (QED) is 0.272. The lowest BCUT2D eigenvalue weighted by atomic mass is 10.0. The smallest absolute Gasteiger partial charge is 0.333 e. The van der Waals surface area contributed by atoms with Gasteiger partial charge in [0.15, 0.2) is 0 Å². The maximum Gasteiger partial charge on any atom is 0.333 e. The fourth-order valence-electron chi connectivity index (χ4n) is 3.23. The van der Waals surface area contributed by atoms with E-state index in [1.807, 2.05) is 43.3 Å². The molecule has 0 amide bonds. The summed E-state index contributed by atoms with van der Waals surface area (Å²) >= 11 is 0. The molecule has 31 heavy (non-hydrogen) atoms. The van der Waals surface area contributed by atoms with Crippen molar-refractivity contribution < 1.29 is 28.6 Å². The van der Waals surface area contributed by atoms with Crippen molar-refractivity contribution >= 4 is 40.1 Å². The van der Waals surface area contributed by atoms with Gasteiger partial charge in [-0.25, -0.2) is 4.79 Å². The average molecular weight is 426 g/mol. The predicted molar refractivity (Wildman–Crippen MR) is 117 cm³/mol. The number of benzene rings is 2. The van der Waals surface area contributed by atoms with E-state index in [-0.39, 0.29) is 38.2 Å². The second-order valence-electron chi connectivity index (χ2n) is 7.59. The van der Waals surface area contributed by atoms with Crippen LogP contribution in [0.15, 0.2) is 48.6 Å². The molecule has 1 heterocycles. The molecule has 1 aliphatic heterocycles. The number of rotatable bonds is 9. The zero-order chi connectivity index (χ0) is 22.4. The summed E-state index contributed by atoms with van der Waals surface area (Å²) in [7, 11) is 0. The zero-order valence-corrected chi connectivity index (χ0v) is 17.7. The number of hydrogen-bond donors (Lipinski definition) is 2. The topological polar surface area (TPSA) is 103 Å². The Hall–Kier alpha value is -3.55. The third-order valence-electron chi connectivity index (χ3n) is 4.71. The number of nitrogens with one attached hydrogen (secondary N) is 2. The van der Waals surface area contributed by atoms with Crippen molar-refractivity contribution in [3.05, 3.63) is 48.6 Å². The van der Waals surface area contributed by atoms with Gasteiger partial charge in [-0.1, -0.05) is 30.8 Å². The van der Waals surface area contributed by atoms with Crippen LogP contribution in [-0.4, -0.2) is 43.4 Å². The molecule has 0 spiro atoms. The lowest BCUT2D eigenvalue weighted by Gasteiger charge is -2.38. The van der Waals surface area contributed by atoms with Gasteiger partial charge >= 0.3 is 17.9 Å². The van der Waals surface area contributed by atoms with Gasteiger partial charge in [-0.15, -0.1) is 0 Å². The van der Waals surface area contributed by atoms with Gasteiger partial charge in [0.25, 0.3) is 0 Å². The highest BCUT2D eigenvalue weighted by molar-refractivity contribution is 6.05. The lowest BCUT2D eigenvalue weighted by molar-refractivity contribution is -0.153. The van der Waals surface area contributed by atoms with Gasteiger partial charge in [0.2, 0.25) is 0 Å². The zero-order valence-electron chi connectivity index (χ0n) is 17.7. The van der Waals surface area contributed by atoms with Crippen LogP contribution in [0.5, 0.6) is 0 Å². The van der Waals surface area contributed by atoms with Crippen molar-refractivity contribution in [3.8, 4) is 0 Å². The number of carbonyl (C=O) groups excluding carboxylic acids is 3. The maximum absolute atomic E-state index is 12.1. The van der Waals surface area contributed by atoms with Gasteiger partial charge in [-0.05, 0) is 31.4 Å². The molecule has 0 fully saturated rings. The maximum atomic E-state index is 12.1. The SMILES string of the molecule is C=C(C)C(=O)OCCOC(=O)CCC(=O)OCC1(C)Nc2cccc3cccc(c23)N1. The summed E-state index contributed by atoms with van der Waals surface area (Å²) in [5.41, 5.74) is 1.50. The van der Waals surface area contributed by atoms with Gasteiger partial charge in [-0.2, -0.15) is 0 Å². The first kappa shape index (κ1) is 22.1. The summed E-state index contributed by atoms with van der Waals surface area (Å²) < 4.78 is 15.1. The second kappa shape index (κ2) is 9.51. The number of hydrogen-bond acceptors (Lipinski definition) is 8. The molecule has 0 saturated heterocycles. The molecule has 8 heteroatoms. The van der Waals surface area contributed by atoms with Crippen LogP contribution in [0.25, 0.3) is 10.8 Å². The first-order valence-electron chi connectivity index (χ1n) is 9.99. The van der Waals surface area contributed by atoms with Crippen molar-refractivity contribution in [1.29, 1.82) is 0 Å². The molecular weight excluding hydrogens is 400 g/mol. The lowest BCUT2D eigenvalue weighted by Crippen LogP contribution is -2.49. The minimum absolute atomic E-state index is 0.0637. The highest BCUT2D eigenvalue weighted by Crippen LogP contribution is 2.37. The molecule has 0 bridgehead atoms. The van der Waals surface area contributed by atoms with Crippen LogP contribution in [0.2, 0.25) is 0 Å². The average Bonchev–Trinajstić information content (AvgIpc) is 2.74. The van der Waals surface area contributed by atoms with Crippen molar-refractivity contribution in [3.63, 3.8) is 0 Å². The largest absolute Gasteiger partial charge is 0.462 e. The fourth-order valence-corrected chi connectivity index (χ4v) is 3.23. The van der Waals surface area contributed by atoms with Crippen LogP contribution in [0.3, 0.4) is 0 Å². The van der Waals surface area contributed by atoms with Crippen molar-refractivity contribution in [2.75, 3.05) is 30.5 Å². The molecule has 0 radical (unpaired) electrons. The van der Waals surface area contributed by atoms with E-state index < -0.39 is 23.6 Å². The van der Waals surface area contributed by atoms with Crippen molar-refractivity contribution in [2.45, 2.75) is 32.4 Å². The van der Waals surface area contributed by atoms with E-state index in [0.29, 0.717) is 0 Å². The Morgan fingerprint density at radius 3 is 2.03 bits per heavy atom. The molecule has 2 N–H and O–H groups in total. The number of esters is 3. The first-order chi connectivity index (χ1) is 14.8. The standard InChI is InChI=1S/C23H26N2O6/c1-15(2)22(28)30-13-12-29-19(26)10-11-20(27)31-14-23(3)24-17-8-4-6-16-7-5-9-18(25-23)21(16)17/h4-9,24-25H,1,10-14H2,2-3H3. The van der Waals surface area contributed by atoms with Crippen LogP contribution >= 0.6 is 0 Å². The summed E-state index contributed by atoms with van der Waals surface area (Å²) in [5, 5.41) is 8.96. The molecule has 0 aromatic heterocycles.